The third-order valence-corrected chi connectivity index (χ3v) is 4.51. The first-order valence-electron chi connectivity index (χ1n) is 8.65. The first-order valence-corrected chi connectivity index (χ1v) is 8.65. The Balaban J connectivity index is 1.82. The minimum absolute atomic E-state index is 0.0521. The van der Waals surface area contributed by atoms with Crippen LogP contribution in [0.1, 0.15) is 67.2 Å². The Kier molecular flexibility index (Phi) is 6.12. The van der Waals surface area contributed by atoms with Gasteiger partial charge in [0.05, 0.1) is 23.1 Å². The quantitative estimate of drug-likeness (QED) is 0.541. The van der Waals surface area contributed by atoms with Crippen molar-refractivity contribution >= 4 is 17.8 Å². The van der Waals surface area contributed by atoms with Crippen LogP contribution in [0, 0.1) is 5.92 Å². The number of fused-ring (bicyclic) bond motifs is 1. The smallest absolute Gasteiger partial charge is 0.309 e. The molecule has 24 heavy (non-hydrogen) atoms. The van der Waals surface area contributed by atoms with E-state index in [4.69, 9.17) is 4.74 Å². The second-order valence-corrected chi connectivity index (χ2v) is 6.21. The summed E-state index contributed by atoms with van der Waals surface area (Å²) in [5.74, 6) is -0.688. The molecule has 1 aromatic carbocycles. The molecule has 0 saturated carbocycles. The highest BCUT2D eigenvalue weighted by Crippen LogP contribution is 2.23. The Bertz CT molecular complexity index is 587. The Hall–Kier alpha value is -2.17. The van der Waals surface area contributed by atoms with Crippen molar-refractivity contribution in [1.29, 1.82) is 0 Å². The van der Waals surface area contributed by atoms with Gasteiger partial charge in [0, 0.05) is 6.54 Å². The molecule has 0 aliphatic carbocycles. The van der Waals surface area contributed by atoms with Gasteiger partial charge in [-0.2, -0.15) is 0 Å². The minimum atomic E-state index is -0.239. The minimum Gasteiger partial charge on any atom is -0.462 e. The van der Waals surface area contributed by atoms with Crippen LogP contribution in [0.2, 0.25) is 0 Å². The van der Waals surface area contributed by atoms with E-state index in [-0.39, 0.29) is 29.8 Å². The van der Waals surface area contributed by atoms with Gasteiger partial charge in [-0.05, 0) is 44.7 Å². The highest BCUT2D eigenvalue weighted by Gasteiger charge is 2.34. The lowest BCUT2D eigenvalue weighted by molar-refractivity contribution is -0.153. The molecule has 1 aliphatic heterocycles. The average molecular weight is 331 g/mol. The van der Waals surface area contributed by atoms with Crippen molar-refractivity contribution in [1.82, 2.24) is 4.90 Å². The molecule has 0 unspecified atom stereocenters. The van der Waals surface area contributed by atoms with E-state index in [1.165, 1.54) is 4.90 Å². The van der Waals surface area contributed by atoms with Crippen LogP contribution in [-0.4, -0.2) is 35.3 Å². The second-order valence-electron chi connectivity index (χ2n) is 6.21. The standard InChI is InChI=1S/C19H25NO4/c1-4-14(5-2)19(23)24-13(3)9-8-12-20-17(21)15-10-6-7-11-16(15)18(20)22/h6-7,10-11,13-14H,4-5,8-9,12H2,1-3H3/t13-/m1/s1. The Labute approximate surface area is 143 Å². The van der Waals surface area contributed by atoms with Gasteiger partial charge in [0.1, 0.15) is 0 Å². The predicted octanol–water partition coefficient (Wildman–Crippen LogP) is 3.43. The summed E-state index contributed by atoms with van der Waals surface area (Å²) in [4.78, 5) is 37.7. The molecule has 0 aromatic heterocycles. The number of esters is 1. The third kappa shape index (κ3) is 3.83. The fourth-order valence-electron chi connectivity index (χ4n) is 2.95. The van der Waals surface area contributed by atoms with Gasteiger partial charge in [0.15, 0.2) is 0 Å². The maximum atomic E-state index is 12.2. The molecular weight excluding hydrogens is 306 g/mol. The SMILES string of the molecule is CCC(CC)C(=O)O[C@H](C)CCCN1C(=O)c2ccccc2C1=O. The van der Waals surface area contributed by atoms with Gasteiger partial charge in [-0.1, -0.05) is 26.0 Å². The van der Waals surface area contributed by atoms with Crippen LogP contribution in [0.3, 0.4) is 0 Å². The van der Waals surface area contributed by atoms with Gasteiger partial charge in [0.2, 0.25) is 0 Å². The van der Waals surface area contributed by atoms with Crippen molar-refractivity contribution in [3.05, 3.63) is 35.4 Å². The third-order valence-electron chi connectivity index (χ3n) is 4.51. The Morgan fingerprint density at radius 2 is 1.62 bits per heavy atom. The number of imide groups is 1. The number of hydrogen-bond donors (Lipinski definition) is 0. The molecule has 1 aliphatic rings. The summed E-state index contributed by atoms with van der Waals surface area (Å²) in [5, 5.41) is 0. The van der Waals surface area contributed by atoms with Crippen LogP contribution in [0.5, 0.6) is 0 Å². The van der Waals surface area contributed by atoms with Crippen molar-refractivity contribution in [2.24, 2.45) is 5.92 Å². The molecule has 0 bridgehead atoms. The number of nitrogens with zero attached hydrogens (tertiary/aromatic N) is 1. The van der Waals surface area contributed by atoms with Gasteiger partial charge in [0.25, 0.3) is 11.8 Å². The molecule has 1 atom stereocenters. The van der Waals surface area contributed by atoms with Crippen LogP contribution < -0.4 is 0 Å². The number of amides is 2. The summed E-state index contributed by atoms with van der Waals surface area (Å²) in [7, 11) is 0. The largest absolute Gasteiger partial charge is 0.462 e. The lowest BCUT2D eigenvalue weighted by Crippen LogP contribution is -2.31. The van der Waals surface area contributed by atoms with E-state index in [9.17, 15) is 14.4 Å². The number of benzene rings is 1. The van der Waals surface area contributed by atoms with Gasteiger partial charge < -0.3 is 4.74 Å². The number of rotatable bonds is 8. The van der Waals surface area contributed by atoms with Crippen molar-refractivity contribution < 1.29 is 19.1 Å². The van der Waals surface area contributed by atoms with Gasteiger partial charge in [-0.15, -0.1) is 0 Å². The molecule has 2 rings (SSSR count). The number of carbonyl (C=O) groups excluding carboxylic acids is 3. The zero-order chi connectivity index (χ0) is 17.7. The maximum absolute atomic E-state index is 12.2. The van der Waals surface area contributed by atoms with Crippen molar-refractivity contribution in [2.45, 2.75) is 52.6 Å². The zero-order valence-electron chi connectivity index (χ0n) is 14.6. The monoisotopic (exact) mass is 331 g/mol. The van der Waals surface area contributed by atoms with Gasteiger partial charge >= 0.3 is 5.97 Å². The first kappa shape index (κ1) is 18.2. The zero-order valence-corrected chi connectivity index (χ0v) is 14.6. The van der Waals surface area contributed by atoms with Crippen molar-refractivity contribution in [3.63, 3.8) is 0 Å². The molecule has 5 heteroatoms. The van der Waals surface area contributed by atoms with E-state index in [1.54, 1.807) is 24.3 Å². The van der Waals surface area contributed by atoms with E-state index in [1.807, 2.05) is 20.8 Å². The summed E-state index contributed by atoms with van der Waals surface area (Å²) in [6, 6.07) is 6.87. The van der Waals surface area contributed by atoms with Crippen molar-refractivity contribution in [3.8, 4) is 0 Å². The van der Waals surface area contributed by atoms with E-state index in [0.29, 0.717) is 30.5 Å². The Morgan fingerprint density at radius 1 is 1.08 bits per heavy atom. The Morgan fingerprint density at radius 3 is 2.12 bits per heavy atom. The predicted molar refractivity (Wildman–Crippen MR) is 90.7 cm³/mol. The van der Waals surface area contributed by atoms with E-state index < -0.39 is 0 Å². The molecule has 2 amide bonds. The summed E-state index contributed by atoms with van der Waals surface area (Å²) in [6.07, 6.45) is 2.57. The van der Waals surface area contributed by atoms with Crippen molar-refractivity contribution in [2.75, 3.05) is 6.54 Å². The normalized spacial score (nSPS) is 14.9. The molecular formula is C19H25NO4. The number of carbonyl (C=O) groups is 3. The highest BCUT2D eigenvalue weighted by molar-refractivity contribution is 6.21. The lowest BCUT2D eigenvalue weighted by Gasteiger charge is -2.19. The summed E-state index contributed by atoms with van der Waals surface area (Å²) in [5.41, 5.74) is 0.936. The van der Waals surface area contributed by atoms with Gasteiger partial charge in [-0.3, -0.25) is 19.3 Å². The fourth-order valence-corrected chi connectivity index (χ4v) is 2.95. The lowest BCUT2D eigenvalue weighted by atomic mass is 10.0. The molecule has 0 N–H and O–H groups in total. The molecule has 0 fully saturated rings. The molecule has 130 valence electrons. The number of hydrogen-bond acceptors (Lipinski definition) is 4. The van der Waals surface area contributed by atoms with Crippen LogP contribution >= 0.6 is 0 Å². The van der Waals surface area contributed by atoms with Gasteiger partial charge in [-0.25, -0.2) is 0 Å². The summed E-state index contributed by atoms with van der Waals surface area (Å²) in [6.45, 7) is 6.15. The van der Waals surface area contributed by atoms with Crippen LogP contribution in [0.25, 0.3) is 0 Å². The maximum Gasteiger partial charge on any atom is 0.309 e. The molecule has 0 spiro atoms. The van der Waals surface area contributed by atoms with Crippen LogP contribution in [0.15, 0.2) is 24.3 Å². The van der Waals surface area contributed by atoms with E-state index in [2.05, 4.69) is 0 Å². The topological polar surface area (TPSA) is 63.7 Å². The molecule has 1 heterocycles. The second kappa shape index (κ2) is 8.08. The molecule has 0 saturated heterocycles. The molecule has 0 radical (unpaired) electrons. The van der Waals surface area contributed by atoms with Crippen LogP contribution in [0.4, 0.5) is 0 Å². The van der Waals surface area contributed by atoms with Crippen LogP contribution in [-0.2, 0) is 9.53 Å². The number of ether oxygens (including phenoxy) is 1. The fraction of sp³-hybridized carbons (Fsp3) is 0.526. The summed E-state index contributed by atoms with van der Waals surface area (Å²) >= 11 is 0. The first-order chi connectivity index (χ1) is 11.5. The van der Waals surface area contributed by atoms with E-state index in [0.717, 1.165) is 12.8 Å². The molecule has 1 aromatic rings. The van der Waals surface area contributed by atoms with E-state index >= 15 is 0 Å². The summed E-state index contributed by atoms with van der Waals surface area (Å²) < 4.78 is 5.45. The average Bonchev–Trinajstić information content (AvgIpc) is 2.81. The molecule has 5 nitrogen and oxygen atoms in total. The highest BCUT2D eigenvalue weighted by atomic mass is 16.5.